The number of hydrogen-bond donors (Lipinski definition) is 1. The van der Waals surface area contributed by atoms with Crippen molar-refractivity contribution >= 4 is 57.5 Å². The van der Waals surface area contributed by atoms with Gasteiger partial charge < -0.3 is 9.84 Å². The first-order chi connectivity index (χ1) is 18.1. The topological polar surface area (TPSA) is 102 Å². The number of rotatable bonds is 7. The summed E-state index contributed by atoms with van der Waals surface area (Å²) in [6, 6.07) is 7.00. The van der Waals surface area contributed by atoms with Crippen molar-refractivity contribution in [1.82, 2.24) is 14.7 Å². The number of carboxylic acids is 1. The summed E-state index contributed by atoms with van der Waals surface area (Å²) in [6.07, 6.45) is -1.66. The molecule has 4 rings (SSSR count). The highest BCUT2D eigenvalue weighted by Gasteiger charge is 2.43. The van der Waals surface area contributed by atoms with Crippen LogP contribution in [0, 0.1) is 0 Å². The second-order valence-electron chi connectivity index (χ2n) is 9.75. The molecule has 2 aromatic carbocycles. The standard InChI is InChI=1S/C26H23ClF3N3O5S/c1-25(2,3)38-13-20(23(35)36)33-22(34)21(39-24(33)37)9-14-4-7-19-16(8-14)11-31-32(19)12-15-5-6-17(27)10-18(15)26(28,29)30/h4-11,20H,12-13H2,1-3H3,(H,35,36)/b21-9-/t20-/m0/s1. The molecule has 1 aromatic heterocycles. The molecule has 0 unspecified atom stereocenters. The molecule has 206 valence electrons. The number of amides is 2. The van der Waals surface area contributed by atoms with Crippen molar-refractivity contribution < 1.29 is 37.4 Å². The lowest BCUT2D eigenvalue weighted by atomic mass is 10.1. The van der Waals surface area contributed by atoms with E-state index in [1.807, 2.05) is 0 Å². The van der Waals surface area contributed by atoms with Crippen molar-refractivity contribution in [3.05, 3.63) is 69.2 Å². The zero-order chi connectivity index (χ0) is 28.7. The Labute approximate surface area is 230 Å². The van der Waals surface area contributed by atoms with Gasteiger partial charge in [0.1, 0.15) is 0 Å². The molecule has 0 aliphatic carbocycles. The maximum atomic E-state index is 13.5. The van der Waals surface area contributed by atoms with Gasteiger partial charge in [0.05, 0.1) is 40.9 Å². The molecule has 39 heavy (non-hydrogen) atoms. The lowest BCUT2D eigenvalue weighted by Gasteiger charge is -2.26. The molecule has 0 radical (unpaired) electrons. The highest BCUT2D eigenvalue weighted by atomic mass is 35.5. The smallest absolute Gasteiger partial charge is 0.416 e. The van der Waals surface area contributed by atoms with E-state index in [9.17, 15) is 32.7 Å². The van der Waals surface area contributed by atoms with E-state index in [-0.39, 0.29) is 28.6 Å². The number of ether oxygens (including phenoxy) is 1. The molecule has 2 amide bonds. The Morgan fingerprint density at radius 1 is 1.18 bits per heavy atom. The zero-order valence-corrected chi connectivity index (χ0v) is 22.5. The Bertz CT molecular complexity index is 1500. The number of carbonyl (C=O) groups excluding carboxylic acids is 2. The van der Waals surface area contributed by atoms with Gasteiger partial charge in [-0.25, -0.2) is 4.79 Å². The molecule has 0 saturated carbocycles. The van der Waals surface area contributed by atoms with Crippen LogP contribution >= 0.6 is 23.4 Å². The average Bonchev–Trinajstić information content (AvgIpc) is 3.34. The van der Waals surface area contributed by atoms with Crippen LogP contribution in [0.1, 0.15) is 37.5 Å². The zero-order valence-electron chi connectivity index (χ0n) is 21.0. The maximum absolute atomic E-state index is 13.5. The third kappa shape index (κ3) is 6.45. The molecule has 1 aliphatic heterocycles. The van der Waals surface area contributed by atoms with Crippen molar-refractivity contribution in [3.63, 3.8) is 0 Å². The molecule has 1 aliphatic rings. The van der Waals surface area contributed by atoms with Gasteiger partial charge in [-0.15, -0.1) is 0 Å². The van der Waals surface area contributed by atoms with Crippen LogP contribution in [0.5, 0.6) is 0 Å². The summed E-state index contributed by atoms with van der Waals surface area (Å²) >= 11 is 6.38. The molecule has 3 aromatic rings. The summed E-state index contributed by atoms with van der Waals surface area (Å²) in [5, 5.41) is 13.7. The van der Waals surface area contributed by atoms with Crippen molar-refractivity contribution in [2.45, 2.75) is 45.1 Å². The third-order valence-electron chi connectivity index (χ3n) is 5.76. The molecule has 1 fully saturated rings. The van der Waals surface area contributed by atoms with Gasteiger partial charge in [-0.2, -0.15) is 18.3 Å². The number of alkyl halides is 3. The maximum Gasteiger partial charge on any atom is 0.416 e. The first kappa shape index (κ1) is 28.7. The Balaban J connectivity index is 1.58. The van der Waals surface area contributed by atoms with E-state index in [0.717, 1.165) is 6.07 Å². The molecule has 1 saturated heterocycles. The van der Waals surface area contributed by atoms with Gasteiger partial charge in [-0.05, 0) is 74.0 Å². The van der Waals surface area contributed by atoms with Crippen molar-refractivity contribution in [2.24, 2.45) is 0 Å². The van der Waals surface area contributed by atoms with Crippen LogP contribution in [0.4, 0.5) is 18.0 Å². The summed E-state index contributed by atoms with van der Waals surface area (Å²) in [7, 11) is 0. The quantitative estimate of drug-likeness (QED) is 0.338. The fraction of sp³-hybridized carbons (Fsp3) is 0.308. The molecular weight excluding hydrogens is 559 g/mol. The molecular formula is C26H23ClF3N3O5S. The van der Waals surface area contributed by atoms with Crippen LogP contribution in [0.3, 0.4) is 0 Å². The van der Waals surface area contributed by atoms with Crippen molar-refractivity contribution in [2.75, 3.05) is 6.61 Å². The molecule has 8 nitrogen and oxygen atoms in total. The number of fused-ring (bicyclic) bond motifs is 1. The number of aromatic nitrogens is 2. The second kappa shape index (κ2) is 10.7. The Morgan fingerprint density at radius 3 is 2.54 bits per heavy atom. The number of nitrogens with zero attached hydrogens (tertiary/aromatic N) is 3. The SMILES string of the molecule is CC(C)(C)OC[C@@H](C(=O)O)N1C(=O)S/C(=C\c2ccc3c(cnn3Cc3ccc(Cl)cc3C(F)(F)F)c2)C1=O. The Kier molecular flexibility index (Phi) is 7.84. The molecule has 1 N–H and O–H groups in total. The number of benzene rings is 2. The normalized spacial score (nSPS) is 16.5. The van der Waals surface area contributed by atoms with Crippen LogP contribution < -0.4 is 0 Å². The minimum Gasteiger partial charge on any atom is -0.480 e. The van der Waals surface area contributed by atoms with Crippen LogP contribution in [0.15, 0.2) is 47.5 Å². The number of halogens is 4. The third-order valence-corrected chi connectivity index (χ3v) is 6.87. The van der Waals surface area contributed by atoms with Gasteiger partial charge in [-0.3, -0.25) is 19.2 Å². The van der Waals surface area contributed by atoms with Crippen LogP contribution in [-0.2, 0) is 27.0 Å². The average molecular weight is 582 g/mol. The van der Waals surface area contributed by atoms with Crippen molar-refractivity contribution in [1.29, 1.82) is 0 Å². The lowest BCUT2D eigenvalue weighted by molar-refractivity contribution is -0.150. The van der Waals surface area contributed by atoms with E-state index in [1.165, 1.54) is 29.1 Å². The monoisotopic (exact) mass is 581 g/mol. The molecule has 1 atom stereocenters. The number of thioether (sulfide) groups is 1. The summed E-state index contributed by atoms with van der Waals surface area (Å²) in [5.41, 5.74) is -0.453. The largest absolute Gasteiger partial charge is 0.480 e. The predicted molar refractivity (Wildman–Crippen MR) is 140 cm³/mol. The fourth-order valence-corrected chi connectivity index (χ4v) is 4.97. The van der Waals surface area contributed by atoms with Crippen LogP contribution in [-0.4, -0.2) is 55.2 Å². The molecule has 0 spiro atoms. The predicted octanol–water partition coefficient (Wildman–Crippen LogP) is 6.06. The van der Waals surface area contributed by atoms with E-state index >= 15 is 0 Å². The van der Waals surface area contributed by atoms with E-state index in [4.69, 9.17) is 16.3 Å². The molecule has 2 heterocycles. The molecule has 0 bridgehead atoms. The van der Waals surface area contributed by atoms with Gasteiger partial charge in [-0.1, -0.05) is 23.7 Å². The number of imide groups is 1. The fourth-order valence-electron chi connectivity index (χ4n) is 3.92. The van der Waals surface area contributed by atoms with Gasteiger partial charge in [0.15, 0.2) is 6.04 Å². The number of carboxylic acid groups (broad SMARTS) is 1. The summed E-state index contributed by atoms with van der Waals surface area (Å²) in [4.78, 5) is 38.1. The summed E-state index contributed by atoms with van der Waals surface area (Å²) in [6.45, 7) is 4.66. The van der Waals surface area contributed by atoms with E-state index in [0.29, 0.717) is 33.1 Å². The van der Waals surface area contributed by atoms with Crippen molar-refractivity contribution in [3.8, 4) is 0 Å². The lowest BCUT2D eigenvalue weighted by Crippen LogP contribution is -2.48. The van der Waals surface area contributed by atoms with Crippen LogP contribution in [0.2, 0.25) is 5.02 Å². The van der Waals surface area contributed by atoms with Gasteiger partial charge in [0.25, 0.3) is 11.1 Å². The Morgan fingerprint density at radius 2 is 1.90 bits per heavy atom. The second-order valence-corrected chi connectivity index (χ2v) is 11.2. The minimum absolute atomic E-state index is 0.00178. The van der Waals surface area contributed by atoms with Crippen LogP contribution in [0.25, 0.3) is 17.0 Å². The van der Waals surface area contributed by atoms with Gasteiger partial charge in [0, 0.05) is 10.4 Å². The minimum atomic E-state index is -4.59. The molecule has 13 heteroatoms. The first-order valence-electron chi connectivity index (χ1n) is 11.6. The van der Waals surface area contributed by atoms with E-state index in [2.05, 4.69) is 5.10 Å². The summed E-state index contributed by atoms with van der Waals surface area (Å²) in [5.74, 6) is -2.13. The number of carbonyl (C=O) groups is 3. The summed E-state index contributed by atoms with van der Waals surface area (Å²) < 4.78 is 47.4. The van der Waals surface area contributed by atoms with E-state index in [1.54, 1.807) is 39.0 Å². The highest BCUT2D eigenvalue weighted by molar-refractivity contribution is 8.18. The highest BCUT2D eigenvalue weighted by Crippen LogP contribution is 2.36. The number of hydrogen-bond acceptors (Lipinski definition) is 6. The first-order valence-corrected chi connectivity index (χ1v) is 12.8. The Hall–Kier alpha value is -3.35. The van der Waals surface area contributed by atoms with E-state index < -0.39 is 40.5 Å². The number of aliphatic carboxylic acids is 1. The van der Waals surface area contributed by atoms with Gasteiger partial charge >= 0.3 is 12.1 Å². The van der Waals surface area contributed by atoms with Gasteiger partial charge in [0.2, 0.25) is 0 Å².